The molecule has 0 aliphatic carbocycles. The molecular formula is C16H15N3O6S. The molecule has 9 nitrogen and oxygen atoms in total. The minimum atomic E-state index is -1.09. The summed E-state index contributed by atoms with van der Waals surface area (Å²) in [6.45, 7) is 1.49. The van der Waals surface area contributed by atoms with Gasteiger partial charge in [0.25, 0.3) is 11.4 Å². The molecule has 2 rings (SSSR count). The molecule has 1 atom stereocenters. The van der Waals surface area contributed by atoms with E-state index >= 15 is 0 Å². The molecule has 0 unspecified atom stereocenters. The van der Waals surface area contributed by atoms with Gasteiger partial charge in [-0.3, -0.25) is 25.0 Å². The molecule has 0 aliphatic rings. The van der Waals surface area contributed by atoms with Crippen LogP contribution < -0.4 is 0 Å². The van der Waals surface area contributed by atoms with Crippen molar-refractivity contribution >= 4 is 29.3 Å². The molecular weight excluding hydrogens is 362 g/mol. The minimum Gasteiger partial charge on any atom is -0.480 e. The van der Waals surface area contributed by atoms with E-state index in [1.807, 2.05) is 0 Å². The molecule has 0 aliphatic heterocycles. The fourth-order valence-electron chi connectivity index (χ4n) is 2.13. The van der Waals surface area contributed by atoms with Crippen molar-refractivity contribution in [2.75, 3.05) is 0 Å². The second kappa shape index (κ2) is 8.41. The molecule has 1 N–H and O–H groups in total. The zero-order chi connectivity index (χ0) is 19.3. The summed E-state index contributed by atoms with van der Waals surface area (Å²) in [6.07, 6.45) is 0. The number of carboxylic acids is 1. The number of para-hydroxylation sites is 1. The molecule has 0 saturated carbocycles. The largest absolute Gasteiger partial charge is 0.480 e. The van der Waals surface area contributed by atoms with Gasteiger partial charge in [-0.2, -0.15) is 0 Å². The van der Waals surface area contributed by atoms with Crippen LogP contribution in [0.4, 0.5) is 11.4 Å². The number of rotatable bonds is 8. The first-order chi connectivity index (χ1) is 12.3. The summed E-state index contributed by atoms with van der Waals surface area (Å²) in [5.41, 5.74) is 0.199. The van der Waals surface area contributed by atoms with Gasteiger partial charge in [0.1, 0.15) is 6.04 Å². The van der Waals surface area contributed by atoms with Crippen LogP contribution in [0, 0.1) is 20.2 Å². The number of hydrogen-bond donors (Lipinski definition) is 1. The van der Waals surface area contributed by atoms with E-state index in [2.05, 4.69) is 0 Å². The number of nitrogens with zero attached hydrogens (tertiary/aromatic N) is 3. The minimum absolute atomic E-state index is 0.0201. The normalized spacial score (nSPS) is 11.9. The Hall–Kier alpha value is -2.98. The molecule has 0 aromatic heterocycles. The van der Waals surface area contributed by atoms with Crippen molar-refractivity contribution < 1.29 is 19.7 Å². The van der Waals surface area contributed by atoms with Crippen molar-refractivity contribution in [2.45, 2.75) is 24.4 Å². The summed E-state index contributed by atoms with van der Waals surface area (Å²) in [6, 6.07) is 10.8. The van der Waals surface area contributed by atoms with Crippen LogP contribution in [0.2, 0.25) is 0 Å². The van der Waals surface area contributed by atoms with Crippen molar-refractivity contribution in [1.29, 1.82) is 0 Å². The number of aliphatic carboxylic acids is 1. The molecule has 0 saturated heterocycles. The third-order valence-corrected chi connectivity index (χ3v) is 4.74. The molecule has 0 heterocycles. The van der Waals surface area contributed by atoms with Crippen molar-refractivity contribution in [3.05, 3.63) is 74.3 Å². The summed E-state index contributed by atoms with van der Waals surface area (Å²) < 4.78 is 1.48. The van der Waals surface area contributed by atoms with Gasteiger partial charge in [0.2, 0.25) is 0 Å². The third-order valence-electron chi connectivity index (χ3n) is 3.57. The molecule has 136 valence electrons. The summed E-state index contributed by atoms with van der Waals surface area (Å²) >= 11 is 1.07. The third kappa shape index (κ3) is 4.77. The summed E-state index contributed by atoms with van der Waals surface area (Å²) in [5, 5.41) is 31.2. The van der Waals surface area contributed by atoms with Crippen LogP contribution in [-0.2, 0) is 11.3 Å². The number of carbonyl (C=O) groups is 1. The zero-order valence-electron chi connectivity index (χ0n) is 13.6. The van der Waals surface area contributed by atoms with Crippen LogP contribution in [-0.4, -0.2) is 31.3 Å². The first-order valence-corrected chi connectivity index (χ1v) is 8.21. The molecule has 0 bridgehead atoms. The van der Waals surface area contributed by atoms with E-state index in [-0.39, 0.29) is 17.9 Å². The Morgan fingerprint density at radius 3 is 2.27 bits per heavy atom. The fourth-order valence-corrected chi connectivity index (χ4v) is 3.11. The zero-order valence-corrected chi connectivity index (χ0v) is 14.5. The Morgan fingerprint density at radius 2 is 1.73 bits per heavy atom. The lowest BCUT2D eigenvalue weighted by atomic mass is 10.1. The number of non-ortho nitro benzene ring substituents is 1. The first-order valence-electron chi connectivity index (χ1n) is 7.43. The Labute approximate surface area is 152 Å². The molecule has 0 amide bonds. The van der Waals surface area contributed by atoms with Gasteiger partial charge in [-0.1, -0.05) is 18.2 Å². The van der Waals surface area contributed by atoms with Crippen molar-refractivity contribution in [3.8, 4) is 0 Å². The standard InChI is InChI=1S/C16H15N3O6S/c1-11(16(20)21)17(10-12-4-2-3-5-15(12)19(24)25)26-14-8-6-13(7-9-14)18(22)23/h2-9,11H,10H2,1H3,(H,20,21)/t11-/m0/s1. The van der Waals surface area contributed by atoms with E-state index in [1.54, 1.807) is 12.1 Å². The van der Waals surface area contributed by atoms with Gasteiger partial charge in [-0.05, 0) is 31.0 Å². The smallest absolute Gasteiger partial charge is 0.321 e. The summed E-state index contributed by atoms with van der Waals surface area (Å²) in [7, 11) is 0. The maximum absolute atomic E-state index is 11.4. The number of benzene rings is 2. The molecule has 2 aromatic rings. The summed E-state index contributed by atoms with van der Waals surface area (Å²) in [5.74, 6) is -1.09. The second-order valence-electron chi connectivity index (χ2n) is 5.32. The van der Waals surface area contributed by atoms with Gasteiger partial charge in [0.15, 0.2) is 0 Å². The van der Waals surface area contributed by atoms with Crippen LogP contribution in [0.25, 0.3) is 0 Å². The highest BCUT2D eigenvalue weighted by Gasteiger charge is 2.25. The Balaban J connectivity index is 2.28. The van der Waals surface area contributed by atoms with Crippen molar-refractivity contribution in [1.82, 2.24) is 4.31 Å². The van der Waals surface area contributed by atoms with E-state index in [1.165, 1.54) is 47.6 Å². The Kier molecular flexibility index (Phi) is 6.26. The fraction of sp³-hybridized carbons (Fsp3) is 0.188. The molecule has 26 heavy (non-hydrogen) atoms. The van der Waals surface area contributed by atoms with Gasteiger partial charge >= 0.3 is 5.97 Å². The monoisotopic (exact) mass is 377 g/mol. The maximum Gasteiger partial charge on any atom is 0.321 e. The van der Waals surface area contributed by atoms with E-state index in [4.69, 9.17) is 0 Å². The molecule has 0 fully saturated rings. The average Bonchev–Trinajstić information content (AvgIpc) is 2.61. The summed E-state index contributed by atoms with van der Waals surface area (Å²) in [4.78, 5) is 32.8. The molecule has 2 aromatic carbocycles. The second-order valence-corrected chi connectivity index (χ2v) is 6.44. The van der Waals surface area contributed by atoms with Gasteiger partial charge in [-0.25, -0.2) is 4.31 Å². The lowest BCUT2D eigenvalue weighted by molar-refractivity contribution is -0.385. The Bertz CT molecular complexity index is 827. The van der Waals surface area contributed by atoms with Crippen LogP contribution in [0.3, 0.4) is 0 Å². The van der Waals surface area contributed by atoms with E-state index in [0.717, 1.165) is 11.9 Å². The maximum atomic E-state index is 11.4. The predicted octanol–water partition coefficient (Wildman–Crippen LogP) is 3.49. The van der Waals surface area contributed by atoms with Gasteiger partial charge < -0.3 is 5.11 Å². The number of nitro benzene ring substituents is 2. The van der Waals surface area contributed by atoms with Gasteiger partial charge in [-0.15, -0.1) is 0 Å². The molecule has 0 radical (unpaired) electrons. The van der Waals surface area contributed by atoms with Crippen LogP contribution in [0.15, 0.2) is 53.4 Å². The van der Waals surface area contributed by atoms with Crippen molar-refractivity contribution in [2.24, 2.45) is 0 Å². The van der Waals surface area contributed by atoms with Gasteiger partial charge in [0, 0.05) is 35.2 Å². The number of nitro groups is 2. The van der Waals surface area contributed by atoms with E-state index in [0.29, 0.717) is 10.5 Å². The SMILES string of the molecule is C[C@@H](C(=O)O)N(Cc1ccccc1[N+](=O)[O-])Sc1ccc([N+](=O)[O-])cc1. The highest BCUT2D eigenvalue weighted by Crippen LogP contribution is 2.30. The number of hydrogen-bond acceptors (Lipinski definition) is 7. The van der Waals surface area contributed by atoms with Crippen LogP contribution in [0.1, 0.15) is 12.5 Å². The highest BCUT2D eigenvalue weighted by molar-refractivity contribution is 7.97. The predicted molar refractivity (Wildman–Crippen MR) is 94.7 cm³/mol. The topological polar surface area (TPSA) is 127 Å². The van der Waals surface area contributed by atoms with Crippen molar-refractivity contribution in [3.63, 3.8) is 0 Å². The molecule has 0 spiro atoms. The lowest BCUT2D eigenvalue weighted by Gasteiger charge is -2.24. The lowest BCUT2D eigenvalue weighted by Crippen LogP contribution is -2.33. The highest BCUT2D eigenvalue weighted by atomic mass is 32.2. The average molecular weight is 377 g/mol. The Morgan fingerprint density at radius 1 is 1.12 bits per heavy atom. The molecule has 10 heteroatoms. The van der Waals surface area contributed by atoms with Crippen LogP contribution >= 0.6 is 11.9 Å². The van der Waals surface area contributed by atoms with Crippen LogP contribution in [0.5, 0.6) is 0 Å². The van der Waals surface area contributed by atoms with Gasteiger partial charge in [0.05, 0.1) is 9.85 Å². The first kappa shape index (κ1) is 19.3. The quantitative estimate of drug-likeness (QED) is 0.421. The van der Waals surface area contributed by atoms with E-state index in [9.17, 15) is 30.1 Å². The number of carboxylic acid groups (broad SMARTS) is 1. The van der Waals surface area contributed by atoms with E-state index < -0.39 is 21.9 Å².